The van der Waals surface area contributed by atoms with E-state index in [-0.39, 0.29) is 0 Å². The molecule has 0 aliphatic heterocycles. The predicted molar refractivity (Wildman–Crippen MR) is 37.4 cm³/mol. The zero-order valence-corrected chi connectivity index (χ0v) is 5.78. The molecule has 0 radical (unpaired) electrons. The third-order valence-corrected chi connectivity index (χ3v) is 1.23. The van der Waals surface area contributed by atoms with Gasteiger partial charge in [0.2, 0.25) is 0 Å². The SMILES string of the molecule is C=C(C)/C(C)=C(\C)N. The predicted octanol–water partition coefficient (Wildman–Crippen LogP) is 1.82. The van der Waals surface area contributed by atoms with Gasteiger partial charge >= 0.3 is 0 Å². The number of hydrogen-bond donors (Lipinski definition) is 1. The largest absolute Gasteiger partial charge is 0.402 e. The number of rotatable bonds is 1. The molecule has 0 aliphatic rings. The fourth-order valence-electron chi connectivity index (χ4n) is 0.337. The van der Waals surface area contributed by atoms with E-state index in [1.807, 2.05) is 20.8 Å². The van der Waals surface area contributed by atoms with E-state index in [0.29, 0.717) is 0 Å². The van der Waals surface area contributed by atoms with Gasteiger partial charge < -0.3 is 5.73 Å². The highest BCUT2D eigenvalue weighted by Gasteiger charge is 1.89. The summed E-state index contributed by atoms with van der Waals surface area (Å²) in [5, 5.41) is 0. The van der Waals surface area contributed by atoms with Gasteiger partial charge in [-0.25, -0.2) is 0 Å². The van der Waals surface area contributed by atoms with Crippen LogP contribution < -0.4 is 5.73 Å². The van der Waals surface area contributed by atoms with E-state index < -0.39 is 0 Å². The molecular formula is C7H13N. The van der Waals surface area contributed by atoms with Crippen LogP contribution in [0, 0.1) is 0 Å². The molecule has 0 heterocycles. The molecule has 0 aliphatic carbocycles. The second-order valence-electron chi connectivity index (χ2n) is 2.09. The van der Waals surface area contributed by atoms with Crippen molar-refractivity contribution in [3.8, 4) is 0 Å². The Labute approximate surface area is 50.9 Å². The number of hydrogen-bond acceptors (Lipinski definition) is 1. The first-order valence-electron chi connectivity index (χ1n) is 2.64. The van der Waals surface area contributed by atoms with Crippen molar-refractivity contribution in [1.82, 2.24) is 0 Å². The van der Waals surface area contributed by atoms with Crippen molar-refractivity contribution in [2.45, 2.75) is 20.8 Å². The maximum Gasteiger partial charge on any atom is 0.00810 e. The minimum atomic E-state index is 0.859. The van der Waals surface area contributed by atoms with Crippen LogP contribution in [0.2, 0.25) is 0 Å². The Kier molecular flexibility index (Phi) is 2.32. The van der Waals surface area contributed by atoms with Crippen LogP contribution in [0.3, 0.4) is 0 Å². The summed E-state index contributed by atoms with van der Waals surface area (Å²) in [5.74, 6) is 0. The van der Waals surface area contributed by atoms with Crippen molar-refractivity contribution in [3.05, 3.63) is 23.4 Å². The van der Waals surface area contributed by atoms with Crippen LogP contribution in [0.15, 0.2) is 23.4 Å². The van der Waals surface area contributed by atoms with Gasteiger partial charge in [-0.05, 0) is 26.3 Å². The normalized spacial score (nSPS) is 12.9. The topological polar surface area (TPSA) is 26.0 Å². The molecule has 0 saturated heterocycles. The van der Waals surface area contributed by atoms with Gasteiger partial charge in [-0.3, -0.25) is 0 Å². The Morgan fingerprint density at radius 3 is 1.62 bits per heavy atom. The van der Waals surface area contributed by atoms with Crippen molar-refractivity contribution < 1.29 is 0 Å². The average Bonchev–Trinajstić information content (AvgIpc) is 1.64. The monoisotopic (exact) mass is 111 g/mol. The zero-order chi connectivity index (χ0) is 6.73. The van der Waals surface area contributed by atoms with Gasteiger partial charge in [-0.1, -0.05) is 12.2 Å². The molecule has 0 spiro atoms. The van der Waals surface area contributed by atoms with Crippen molar-refractivity contribution in [2.24, 2.45) is 5.73 Å². The van der Waals surface area contributed by atoms with E-state index in [0.717, 1.165) is 16.8 Å². The van der Waals surface area contributed by atoms with Gasteiger partial charge in [0.25, 0.3) is 0 Å². The second kappa shape index (κ2) is 2.55. The van der Waals surface area contributed by atoms with Crippen LogP contribution in [-0.4, -0.2) is 0 Å². The van der Waals surface area contributed by atoms with Gasteiger partial charge in [0.15, 0.2) is 0 Å². The Morgan fingerprint density at radius 1 is 1.25 bits per heavy atom. The van der Waals surface area contributed by atoms with Gasteiger partial charge in [-0.15, -0.1) is 0 Å². The second-order valence-corrected chi connectivity index (χ2v) is 2.09. The van der Waals surface area contributed by atoms with Gasteiger partial charge in [0, 0.05) is 5.70 Å². The summed E-state index contributed by atoms with van der Waals surface area (Å²) in [6.45, 7) is 9.54. The summed E-state index contributed by atoms with van der Waals surface area (Å²) in [7, 11) is 0. The molecule has 2 N–H and O–H groups in total. The Hall–Kier alpha value is -0.720. The minimum Gasteiger partial charge on any atom is -0.402 e. The molecule has 0 saturated carbocycles. The Balaban J connectivity index is 4.23. The third kappa shape index (κ3) is 1.82. The summed E-state index contributed by atoms with van der Waals surface area (Å²) < 4.78 is 0. The number of nitrogens with two attached hydrogens (primary N) is 1. The lowest BCUT2D eigenvalue weighted by atomic mass is 10.1. The summed E-state index contributed by atoms with van der Waals surface area (Å²) >= 11 is 0. The molecule has 8 heavy (non-hydrogen) atoms. The van der Waals surface area contributed by atoms with Crippen LogP contribution in [0.1, 0.15) is 20.8 Å². The molecule has 0 atom stereocenters. The van der Waals surface area contributed by atoms with E-state index in [9.17, 15) is 0 Å². The van der Waals surface area contributed by atoms with Gasteiger partial charge in [0.1, 0.15) is 0 Å². The molecule has 0 rings (SSSR count). The molecule has 0 aromatic heterocycles. The van der Waals surface area contributed by atoms with Crippen LogP contribution in [-0.2, 0) is 0 Å². The van der Waals surface area contributed by atoms with E-state index >= 15 is 0 Å². The van der Waals surface area contributed by atoms with E-state index in [1.165, 1.54) is 0 Å². The lowest BCUT2D eigenvalue weighted by Crippen LogP contribution is -1.95. The van der Waals surface area contributed by atoms with Gasteiger partial charge in [-0.2, -0.15) is 0 Å². The molecule has 1 heteroatoms. The number of allylic oxidation sites excluding steroid dienone is 3. The Morgan fingerprint density at radius 2 is 1.62 bits per heavy atom. The summed E-state index contributed by atoms with van der Waals surface area (Å²) in [4.78, 5) is 0. The van der Waals surface area contributed by atoms with E-state index in [2.05, 4.69) is 6.58 Å². The first-order valence-corrected chi connectivity index (χ1v) is 2.64. The molecule has 0 aromatic rings. The third-order valence-electron chi connectivity index (χ3n) is 1.23. The van der Waals surface area contributed by atoms with Crippen LogP contribution in [0.25, 0.3) is 0 Å². The molecule has 0 aromatic carbocycles. The highest BCUT2D eigenvalue weighted by atomic mass is 14.6. The van der Waals surface area contributed by atoms with Crippen LogP contribution in [0.5, 0.6) is 0 Å². The highest BCUT2D eigenvalue weighted by Crippen LogP contribution is 2.06. The molecule has 0 amide bonds. The summed E-state index contributed by atoms with van der Waals surface area (Å²) in [5.41, 5.74) is 8.46. The smallest absolute Gasteiger partial charge is 0.00810 e. The van der Waals surface area contributed by atoms with Gasteiger partial charge in [0.05, 0.1) is 0 Å². The minimum absolute atomic E-state index is 0.859. The van der Waals surface area contributed by atoms with Crippen molar-refractivity contribution in [2.75, 3.05) is 0 Å². The van der Waals surface area contributed by atoms with Crippen LogP contribution in [0.4, 0.5) is 0 Å². The van der Waals surface area contributed by atoms with E-state index in [1.54, 1.807) is 0 Å². The fourth-order valence-corrected chi connectivity index (χ4v) is 0.337. The molecule has 0 bridgehead atoms. The maximum absolute atomic E-state index is 5.46. The first kappa shape index (κ1) is 7.28. The molecule has 0 fully saturated rings. The molecule has 46 valence electrons. The molecule has 1 nitrogen and oxygen atoms in total. The summed E-state index contributed by atoms with van der Waals surface area (Å²) in [6.07, 6.45) is 0. The zero-order valence-electron chi connectivity index (χ0n) is 5.78. The highest BCUT2D eigenvalue weighted by molar-refractivity contribution is 5.26. The first-order chi connectivity index (χ1) is 3.55. The van der Waals surface area contributed by atoms with Crippen LogP contribution >= 0.6 is 0 Å². The lowest BCUT2D eigenvalue weighted by Gasteiger charge is -1.99. The molecule has 0 unspecified atom stereocenters. The average molecular weight is 111 g/mol. The van der Waals surface area contributed by atoms with Crippen molar-refractivity contribution >= 4 is 0 Å². The fraction of sp³-hybridized carbons (Fsp3) is 0.429. The van der Waals surface area contributed by atoms with Crippen molar-refractivity contribution in [3.63, 3.8) is 0 Å². The Bertz CT molecular complexity index is 127. The quantitative estimate of drug-likeness (QED) is 0.513. The van der Waals surface area contributed by atoms with Crippen molar-refractivity contribution in [1.29, 1.82) is 0 Å². The lowest BCUT2D eigenvalue weighted by molar-refractivity contribution is 1.20. The summed E-state index contributed by atoms with van der Waals surface area (Å²) in [6, 6.07) is 0. The maximum atomic E-state index is 5.46. The molecular weight excluding hydrogens is 98.1 g/mol. The standard InChI is InChI=1S/C7H13N/c1-5(2)6(3)7(4)8/h1,8H2,2-4H3/b7-6+. The van der Waals surface area contributed by atoms with E-state index in [4.69, 9.17) is 5.73 Å².